The van der Waals surface area contributed by atoms with Crippen molar-refractivity contribution in [2.45, 2.75) is 13.8 Å². The van der Waals surface area contributed by atoms with Crippen molar-refractivity contribution in [2.24, 2.45) is 7.05 Å². The van der Waals surface area contributed by atoms with Crippen LogP contribution in [0.2, 0.25) is 0 Å². The van der Waals surface area contributed by atoms with Crippen molar-refractivity contribution in [1.82, 2.24) is 9.55 Å². The number of hydrogen-bond acceptors (Lipinski definition) is 2. The molecular weight excluding hydrogens is 267 g/mol. The Hall–Kier alpha value is -2.49. The summed E-state index contributed by atoms with van der Waals surface area (Å²) in [7, 11) is 1.78. The molecule has 3 nitrogen and oxygen atoms in total. The van der Waals surface area contributed by atoms with Crippen molar-refractivity contribution < 1.29 is 9.18 Å². The molecule has 0 spiro atoms. The van der Waals surface area contributed by atoms with Gasteiger partial charge in [0.25, 0.3) is 0 Å². The smallest absolute Gasteiger partial charge is 0.150 e. The van der Waals surface area contributed by atoms with Crippen LogP contribution >= 0.6 is 0 Å². The molecule has 1 heterocycles. The molecule has 0 unspecified atom stereocenters. The fraction of sp³-hybridized carbons (Fsp3) is 0.176. The van der Waals surface area contributed by atoms with Crippen LogP contribution in [-0.4, -0.2) is 15.8 Å². The Balaban J connectivity index is 0.00000106. The molecular formula is C17H19FN2O. The van der Waals surface area contributed by atoms with Crippen LogP contribution in [0.15, 0.2) is 37.4 Å². The second-order valence-electron chi connectivity index (χ2n) is 4.08. The van der Waals surface area contributed by atoms with Crippen LogP contribution in [0, 0.1) is 0 Å². The summed E-state index contributed by atoms with van der Waals surface area (Å²) < 4.78 is 15.1. The van der Waals surface area contributed by atoms with Gasteiger partial charge in [0.1, 0.15) is 23.6 Å². The standard InChI is InChI=1S/C15H13FN2O.C2H6/c1-4-13-14(10(2)16)17-15(18(13)3)12-7-5-11(9-19)6-8-12;1-2/h4-9H,1-2H2,3H3;1-2H3. The van der Waals surface area contributed by atoms with Gasteiger partial charge in [-0.2, -0.15) is 0 Å². The maximum absolute atomic E-state index is 13.3. The van der Waals surface area contributed by atoms with Gasteiger partial charge in [0, 0.05) is 18.2 Å². The normalized spacial score (nSPS) is 9.52. The first-order chi connectivity index (χ1) is 10.1. The number of benzene rings is 1. The lowest BCUT2D eigenvalue weighted by molar-refractivity contribution is 0.112. The minimum absolute atomic E-state index is 0.187. The monoisotopic (exact) mass is 286 g/mol. The summed E-state index contributed by atoms with van der Waals surface area (Å²) >= 11 is 0. The quantitative estimate of drug-likeness (QED) is 0.775. The molecule has 0 radical (unpaired) electrons. The Labute approximate surface area is 124 Å². The molecule has 4 heteroatoms. The molecule has 0 aliphatic carbocycles. The molecule has 0 amide bonds. The van der Waals surface area contributed by atoms with Gasteiger partial charge in [0.15, 0.2) is 0 Å². The lowest BCUT2D eigenvalue weighted by atomic mass is 10.1. The largest absolute Gasteiger partial charge is 0.327 e. The van der Waals surface area contributed by atoms with Crippen LogP contribution in [0.3, 0.4) is 0 Å². The van der Waals surface area contributed by atoms with Crippen LogP contribution in [0.25, 0.3) is 23.3 Å². The third-order valence-corrected chi connectivity index (χ3v) is 2.89. The zero-order valence-corrected chi connectivity index (χ0v) is 12.6. The Morgan fingerprint density at radius 2 is 1.86 bits per heavy atom. The highest BCUT2D eigenvalue weighted by Gasteiger charge is 2.15. The van der Waals surface area contributed by atoms with Gasteiger partial charge in [0.05, 0.1) is 5.69 Å². The number of rotatable bonds is 4. The number of nitrogens with zero attached hydrogens (tertiary/aromatic N) is 2. The maximum Gasteiger partial charge on any atom is 0.150 e. The van der Waals surface area contributed by atoms with Gasteiger partial charge in [-0.15, -0.1) is 0 Å². The lowest BCUT2D eigenvalue weighted by Gasteiger charge is -2.03. The summed E-state index contributed by atoms with van der Waals surface area (Å²) in [5, 5.41) is 0. The highest BCUT2D eigenvalue weighted by atomic mass is 19.1. The first-order valence-electron chi connectivity index (χ1n) is 6.68. The van der Waals surface area contributed by atoms with E-state index < -0.39 is 5.83 Å². The third kappa shape index (κ3) is 3.34. The first kappa shape index (κ1) is 16.6. The van der Waals surface area contributed by atoms with Crippen molar-refractivity contribution >= 4 is 18.2 Å². The number of carbonyl (C=O) groups excluding carboxylic acids is 1. The van der Waals surface area contributed by atoms with Crippen LogP contribution in [0.1, 0.15) is 35.6 Å². The minimum Gasteiger partial charge on any atom is -0.327 e. The maximum atomic E-state index is 13.3. The molecule has 2 rings (SSSR count). The van der Waals surface area contributed by atoms with Crippen molar-refractivity contribution in [3.05, 3.63) is 54.4 Å². The predicted octanol–water partition coefficient (Wildman–Crippen LogP) is 4.51. The number of aldehydes is 1. The van der Waals surface area contributed by atoms with E-state index in [1.54, 1.807) is 35.9 Å². The predicted molar refractivity (Wildman–Crippen MR) is 85.6 cm³/mol. The second kappa shape index (κ2) is 7.33. The molecule has 0 atom stereocenters. The SMILES string of the molecule is C=Cc1c(C(=C)F)nc(-c2ccc(C=O)cc2)n1C.CC. The summed E-state index contributed by atoms with van der Waals surface area (Å²) in [6.07, 6.45) is 2.31. The zero-order chi connectivity index (χ0) is 16.0. The number of imidazole rings is 1. The van der Waals surface area contributed by atoms with E-state index in [0.717, 1.165) is 11.8 Å². The molecule has 2 aromatic rings. The van der Waals surface area contributed by atoms with Crippen molar-refractivity contribution in [3.8, 4) is 11.4 Å². The van der Waals surface area contributed by atoms with E-state index in [1.807, 2.05) is 13.8 Å². The zero-order valence-electron chi connectivity index (χ0n) is 12.6. The molecule has 0 N–H and O–H groups in total. The molecule has 0 saturated carbocycles. The van der Waals surface area contributed by atoms with Gasteiger partial charge in [-0.3, -0.25) is 4.79 Å². The Morgan fingerprint density at radius 3 is 2.24 bits per heavy atom. The van der Waals surface area contributed by atoms with Gasteiger partial charge in [-0.25, -0.2) is 9.37 Å². The average molecular weight is 286 g/mol. The molecule has 110 valence electrons. The number of aromatic nitrogens is 2. The van der Waals surface area contributed by atoms with Crippen LogP contribution in [0.5, 0.6) is 0 Å². The molecule has 0 aliphatic heterocycles. The third-order valence-electron chi connectivity index (χ3n) is 2.89. The van der Waals surface area contributed by atoms with Crippen molar-refractivity contribution in [3.63, 3.8) is 0 Å². The Bertz CT molecular complexity index is 654. The van der Waals surface area contributed by atoms with Gasteiger partial charge < -0.3 is 4.57 Å². The van der Waals surface area contributed by atoms with Gasteiger partial charge in [-0.1, -0.05) is 51.3 Å². The fourth-order valence-corrected chi connectivity index (χ4v) is 1.91. The molecule has 1 aromatic heterocycles. The van der Waals surface area contributed by atoms with E-state index in [2.05, 4.69) is 18.1 Å². The van der Waals surface area contributed by atoms with Crippen molar-refractivity contribution in [1.29, 1.82) is 0 Å². The number of carbonyl (C=O) groups is 1. The van der Waals surface area contributed by atoms with Crippen LogP contribution in [-0.2, 0) is 7.05 Å². The van der Waals surface area contributed by atoms with E-state index in [-0.39, 0.29) is 5.69 Å². The molecule has 0 saturated heterocycles. The summed E-state index contributed by atoms with van der Waals surface area (Å²) in [5.74, 6) is 0.00223. The van der Waals surface area contributed by atoms with Gasteiger partial charge in [0.2, 0.25) is 0 Å². The highest BCUT2D eigenvalue weighted by molar-refractivity contribution is 5.76. The summed E-state index contributed by atoms with van der Waals surface area (Å²) in [5.41, 5.74) is 2.13. The minimum atomic E-state index is -0.596. The molecule has 0 aliphatic rings. The Kier molecular flexibility index (Phi) is 5.79. The van der Waals surface area contributed by atoms with E-state index in [9.17, 15) is 9.18 Å². The van der Waals surface area contributed by atoms with Crippen LogP contribution in [0.4, 0.5) is 4.39 Å². The Morgan fingerprint density at radius 1 is 1.29 bits per heavy atom. The van der Waals surface area contributed by atoms with Crippen LogP contribution < -0.4 is 0 Å². The molecule has 1 aromatic carbocycles. The topological polar surface area (TPSA) is 34.9 Å². The van der Waals surface area contributed by atoms with Crippen molar-refractivity contribution in [2.75, 3.05) is 0 Å². The summed E-state index contributed by atoms with van der Waals surface area (Å²) in [6, 6.07) is 6.91. The summed E-state index contributed by atoms with van der Waals surface area (Å²) in [4.78, 5) is 14.9. The molecule has 0 bridgehead atoms. The van der Waals surface area contributed by atoms with Gasteiger partial charge >= 0.3 is 0 Å². The van der Waals surface area contributed by atoms with Gasteiger partial charge in [-0.05, 0) is 6.08 Å². The summed E-state index contributed by atoms with van der Waals surface area (Å²) in [6.45, 7) is 10.9. The number of hydrogen-bond donors (Lipinski definition) is 0. The molecule has 0 fully saturated rings. The lowest BCUT2D eigenvalue weighted by Crippen LogP contribution is -1.95. The van der Waals surface area contributed by atoms with E-state index in [4.69, 9.17) is 0 Å². The molecule has 21 heavy (non-hydrogen) atoms. The van der Waals surface area contributed by atoms with E-state index in [0.29, 0.717) is 17.1 Å². The second-order valence-corrected chi connectivity index (χ2v) is 4.08. The van der Waals surface area contributed by atoms with E-state index >= 15 is 0 Å². The first-order valence-corrected chi connectivity index (χ1v) is 6.68. The number of halogens is 1. The highest BCUT2D eigenvalue weighted by Crippen LogP contribution is 2.26. The van der Waals surface area contributed by atoms with E-state index in [1.165, 1.54) is 6.08 Å². The fourth-order valence-electron chi connectivity index (χ4n) is 1.91. The average Bonchev–Trinajstić information content (AvgIpc) is 2.86.